The minimum absolute atomic E-state index is 0.0521. The van der Waals surface area contributed by atoms with E-state index in [1.165, 1.54) is 9.36 Å². The van der Waals surface area contributed by atoms with Crippen LogP contribution in [-0.2, 0) is 0 Å². The summed E-state index contributed by atoms with van der Waals surface area (Å²) in [5.74, 6) is -3.43. The number of aromatic carboxylic acids is 2. The van der Waals surface area contributed by atoms with E-state index >= 15 is 0 Å². The summed E-state index contributed by atoms with van der Waals surface area (Å²) in [6.45, 7) is 3.14. The van der Waals surface area contributed by atoms with Crippen molar-refractivity contribution < 1.29 is 24.9 Å². The number of aromatic nitrogens is 11. The number of hydrogen-bond donors (Lipinski definition) is 5. The highest BCUT2D eigenvalue weighted by molar-refractivity contribution is 5.93. The molecule has 7 N–H and O–H groups in total. The Morgan fingerprint density at radius 2 is 1.00 bits per heavy atom. The molecule has 0 amide bonds. The molecular weight excluding hydrogens is 690 g/mol. The van der Waals surface area contributed by atoms with Crippen molar-refractivity contribution in [1.82, 2.24) is 54.1 Å². The molecular formula is C31H25N17O5. The van der Waals surface area contributed by atoms with E-state index in [4.69, 9.17) is 11.5 Å². The number of azo groups is 2. The fraction of sp³-hybridized carbons (Fsp3) is 0.0645. The van der Waals surface area contributed by atoms with Crippen molar-refractivity contribution >= 4 is 46.6 Å². The number of carbonyl (C=O) groups is 2. The van der Waals surface area contributed by atoms with Crippen LogP contribution in [0.25, 0.3) is 23.3 Å². The van der Waals surface area contributed by atoms with Gasteiger partial charge in [0.2, 0.25) is 0 Å². The van der Waals surface area contributed by atoms with Gasteiger partial charge in [-0.1, -0.05) is 36.4 Å². The summed E-state index contributed by atoms with van der Waals surface area (Å²) in [7, 11) is 0. The minimum Gasteiger partial charge on any atom is -0.479 e. The molecule has 0 fully saturated rings. The van der Waals surface area contributed by atoms with Crippen LogP contribution in [0.3, 0.4) is 0 Å². The van der Waals surface area contributed by atoms with Gasteiger partial charge in [-0.2, -0.15) is 44.7 Å². The van der Waals surface area contributed by atoms with Crippen molar-refractivity contribution in [2.75, 3.05) is 11.5 Å². The average Bonchev–Trinajstić information content (AvgIpc) is 3.90. The predicted octanol–water partition coefficient (Wildman–Crippen LogP) is 4.33. The maximum Gasteiger partial charge on any atom is 0.341 e. The zero-order valence-electron chi connectivity index (χ0n) is 27.4. The number of carboxylic acids is 2. The standard InChI is InChI=1S/C31H25N17O5/c1-15-21(39-41-25-19(27(49)50)13-34-45(25)17-9-5-3-6-10-17)23(32)47(43-15)29-36-30(38-31(53)37-29)48-24(33)22(16(2)44-48)40-42-26-20(28(51)52)14-35-46(26)18-11-7-4-8-12-18/h3-14H,32-33H2,1-2H3,(H,49,50)(H,51,52)(H,36,37,38,53). The molecule has 2 aromatic carbocycles. The third-order valence-electron chi connectivity index (χ3n) is 7.55. The van der Waals surface area contributed by atoms with Gasteiger partial charge in [-0.25, -0.2) is 19.0 Å². The first-order chi connectivity index (χ1) is 25.5. The molecule has 0 spiro atoms. The lowest BCUT2D eigenvalue weighted by Crippen LogP contribution is -2.13. The molecule has 264 valence electrons. The summed E-state index contributed by atoms with van der Waals surface area (Å²) in [6.07, 6.45) is 2.31. The van der Waals surface area contributed by atoms with Gasteiger partial charge in [0.1, 0.15) is 11.1 Å². The number of aromatic hydroxyl groups is 1. The number of nitrogen functional groups attached to an aromatic ring is 2. The number of para-hydroxylation sites is 2. The van der Waals surface area contributed by atoms with E-state index in [0.717, 1.165) is 21.8 Å². The lowest BCUT2D eigenvalue weighted by Gasteiger charge is -2.06. The second-order valence-corrected chi connectivity index (χ2v) is 11.0. The van der Waals surface area contributed by atoms with E-state index in [2.05, 4.69) is 55.8 Å². The zero-order chi connectivity index (χ0) is 37.4. The number of nitrogens with two attached hydrogens (primary N) is 2. The van der Waals surface area contributed by atoms with Gasteiger partial charge < -0.3 is 26.8 Å². The number of hydrogen-bond acceptors (Lipinski definition) is 16. The molecule has 0 unspecified atom stereocenters. The number of aryl methyl sites for hydroxylation is 2. The molecule has 0 radical (unpaired) electrons. The quantitative estimate of drug-likeness (QED) is 0.123. The van der Waals surface area contributed by atoms with Gasteiger partial charge in [-0.05, 0) is 38.1 Å². The molecule has 5 heterocycles. The lowest BCUT2D eigenvalue weighted by molar-refractivity contribution is 0.0686. The second kappa shape index (κ2) is 13.3. The van der Waals surface area contributed by atoms with Gasteiger partial charge in [0.05, 0.1) is 35.2 Å². The summed E-state index contributed by atoms with van der Waals surface area (Å²) >= 11 is 0. The number of rotatable bonds is 10. The third kappa shape index (κ3) is 6.13. The highest BCUT2D eigenvalue weighted by Crippen LogP contribution is 2.34. The van der Waals surface area contributed by atoms with Crippen LogP contribution in [0, 0.1) is 13.8 Å². The first-order valence-electron chi connectivity index (χ1n) is 15.2. The topological polar surface area (TPSA) is 306 Å². The Balaban J connectivity index is 1.23. The molecule has 0 aliphatic rings. The first-order valence-corrected chi connectivity index (χ1v) is 15.2. The Kier molecular flexibility index (Phi) is 8.35. The summed E-state index contributed by atoms with van der Waals surface area (Å²) in [5, 5.41) is 63.7. The SMILES string of the molecule is Cc1nn(-c2nc(O)nc(-n3nc(C)c(N=Nc4c(C(=O)O)cnn4-c4ccccc4)c3N)n2)c(N)c1N=Nc1c(C(=O)O)cnn1-c1ccccc1. The van der Waals surface area contributed by atoms with Crippen molar-refractivity contribution in [3.8, 4) is 29.3 Å². The van der Waals surface area contributed by atoms with Crippen molar-refractivity contribution in [3.05, 3.63) is 95.6 Å². The molecule has 5 aromatic heterocycles. The van der Waals surface area contributed by atoms with Crippen molar-refractivity contribution in [2.24, 2.45) is 20.5 Å². The molecule has 0 aliphatic carbocycles. The van der Waals surface area contributed by atoms with E-state index in [1.807, 2.05) is 0 Å². The Bertz CT molecular complexity index is 2410. The zero-order valence-corrected chi connectivity index (χ0v) is 27.4. The van der Waals surface area contributed by atoms with Gasteiger partial charge >= 0.3 is 17.9 Å². The monoisotopic (exact) mass is 715 g/mol. The Morgan fingerprint density at radius 3 is 1.38 bits per heavy atom. The molecule has 0 aliphatic heterocycles. The van der Waals surface area contributed by atoms with Crippen molar-refractivity contribution in [1.29, 1.82) is 0 Å². The van der Waals surface area contributed by atoms with E-state index in [9.17, 15) is 24.9 Å². The largest absolute Gasteiger partial charge is 0.479 e. The van der Waals surface area contributed by atoms with Crippen LogP contribution < -0.4 is 11.5 Å². The maximum atomic E-state index is 11.9. The van der Waals surface area contributed by atoms with Gasteiger partial charge in [0.25, 0.3) is 11.9 Å². The highest BCUT2D eigenvalue weighted by Gasteiger charge is 2.24. The van der Waals surface area contributed by atoms with Crippen LogP contribution in [0.4, 0.5) is 34.6 Å². The maximum absolute atomic E-state index is 11.9. The molecule has 0 atom stereocenters. The summed E-state index contributed by atoms with van der Waals surface area (Å²) in [4.78, 5) is 36.1. The molecule has 22 nitrogen and oxygen atoms in total. The molecule has 22 heteroatoms. The van der Waals surface area contributed by atoms with Crippen LogP contribution in [0.1, 0.15) is 32.1 Å². The summed E-state index contributed by atoms with van der Waals surface area (Å²) in [5.41, 5.74) is 14.1. The predicted molar refractivity (Wildman–Crippen MR) is 183 cm³/mol. The first kappa shape index (κ1) is 33.3. The Labute approximate surface area is 296 Å². The fourth-order valence-electron chi connectivity index (χ4n) is 5.05. The van der Waals surface area contributed by atoms with E-state index < -0.39 is 17.9 Å². The number of benzene rings is 2. The molecule has 7 aromatic rings. The van der Waals surface area contributed by atoms with Gasteiger partial charge in [-0.15, -0.1) is 20.5 Å². The van der Waals surface area contributed by atoms with Gasteiger partial charge in [-0.3, -0.25) is 0 Å². The van der Waals surface area contributed by atoms with Crippen molar-refractivity contribution in [2.45, 2.75) is 13.8 Å². The van der Waals surface area contributed by atoms with Crippen molar-refractivity contribution in [3.63, 3.8) is 0 Å². The number of carboxylic acid groups (broad SMARTS) is 2. The average molecular weight is 716 g/mol. The van der Waals surface area contributed by atoms with Crippen LogP contribution >= 0.6 is 0 Å². The molecule has 0 saturated heterocycles. The highest BCUT2D eigenvalue weighted by atomic mass is 16.4. The molecule has 0 saturated carbocycles. The third-order valence-corrected chi connectivity index (χ3v) is 7.55. The van der Waals surface area contributed by atoms with Crippen LogP contribution in [0.5, 0.6) is 6.01 Å². The summed E-state index contributed by atoms with van der Waals surface area (Å²) in [6, 6.07) is 16.7. The van der Waals surface area contributed by atoms with Crippen LogP contribution in [0.2, 0.25) is 0 Å². The normalized spacial score (nSPS) is 11.6. The fourth-order valence-corrected chi connectivity index (χ4v) is 5.05. The van der Waals surface area contributed by atoms with Gasteiger partial charge in [0.15, 0.2) is 34.6 Å². The van der Waals surface area contributed by atoms with E-state index in [0.29, 0.717) is 11.4 Å². The van der Waals surface area contributed by atoms with Gasteiger partial charge in [0, 0.05) is 0 Å². The molecule has 0 bridgehead atoms. The lowest BCUT2D eigenvalue weighted by atomic mass is 10.3. The molecule has 7 rings (SSSR count). The minimum atomic E-state index is -1.27. The molecule has 53 heavy (non-hydrogen) atoms. The second-order valence-electron chi connectivity index (χ2n) is 11.0. The van der Waals surface area contributed by atoms with E-state index in [-0.39, 0.29) is 69.1 Å². The smallest absolute Gasteiger partial charge is 0.341 e. The Hall–Kier alpha value is -8.17. The summed E-state index contributed by atoms with van der Waals surface area (Å²) < 4.78 is 4.75. The number of nitrogens with zero attached hydrogens (tertiary/aromatic N) is 15. The van der Waals surface area contributed by atoms with Crippen LogP contribution in [-0.4, -0.2) is 81.3 Å². The number of anilines is 2. The van der Waals surface area contributed by atoms with E-state index in [1.54, 1.807) is 74.5 Å². The van der Waals surface area contributed by atoms with Crippen LogP contribution in [0.15, 0.2) is 93.5 Å². The Morgan fingerprint density at radius 1 is 0.604 bits per heavy atom.